The summed E-state index contributed by atoms with van der Waals surface area (Å²) in [5.41, 5.74) is 1.40. The van der Waals surface area contributed by atoms with Crippen LogP contribution in [0.4, 0.5) is 5.69 Å². The number of aromatic carboxylic acids is 1. The summed E-state index contributed by atoms with van der Waals surface area (Å²) in [6.07, 6.45) is 1.41. The van der Waals surface area contributed by atoms with Gasteiger partial charge < -0.3 is 9.84 Å². The molecule has 1 aromatic carbocycles. The quantitative estimate of drug-likeness (QED) is 0.808. The van der Waals surface area contributed by atoms with Crippen molar-refractivity contribution in [3.05, 3.63) is 52.5 Å². The molecule has 0 aliphatic carbocycles. The van der Waals surface area contributed by atoms with Crippen molar-refractivity contribution in [1.82, 2.24) is 4.98 Å². The smallest absolute Gasteiger partial charge is 0.335 e. The third-order valence-corrected chi connectivity index (χ3v) is 3.29. The number of aromatic nitrogens is 1. The highest BCUT2D eigenvalue weighted by Gasteiger charge is 2.14. The topological polar surface area (TPSA) is 63.8 Å². The van der Waals surface area contributed by atoms with E-state index in [1.165, 1.54) is 18.3 Å². The fourth-order valence-corrected chi connectivity index (χ4v) is 2.19. The van der Waals surface area contributed by atoms with Gasteiger partial charge in [0.05, 0.1) is 29.5 Å². The van der Waals surface area contributed by atoms with E-state index in [1.54, 1.807) is 12.1 Å². The van der Waals surface area contributed by atoms with Crippen molar-refractivity contribution in [2.45, 2.75) is 13.8 Å². The molecule has 2 rings (SSSR count). The van der Waals surface area contributed by atoms with Crippen LogP contribution in [0, 0.1) is 12.5 Å². The van der Waals surface area contributed by atoms with Crippen molar-refractivity contribution >= 4 is 23.3 Å². The minimum absolute atomic E-state index is 0.121. The van der Waals surface area contributed by atoms with E-state index >= 15 is 0 Å². The summed E-state index contributed by atoms with van der Waals surface area (Å²) in [6, 6.07) is 6.07. The van der Waals surface area contributed by atoms with E-state index in [4.69, 9.17) is 28.0 Å². The van der Waals surface area contributed by atoms with Crippen LogP contribution >= 0.6 is 11.6 Å². The maximum absolute atomic E-state index is 11.1. The lowest BCUT2D eigenvalue weighted by Gasteiger charge is -2.13. The van der Waals surface area contributed by atoms with Gasteiger partial charge in [0.1, 0.15) is 5.75 Å². The van der Waals surface area contributed by atoms with Crippen molar-refractivity contribution in [3.8, 4) is 17.0 Å². The third kappa shape index (κ3) is 3.99. The van der Waals surface area contributed by atoms with Crippen molar-refractivity contribution < 1.29 is 14.6 Å². The Morgan fingerprint density at radius 3 is 2.78 bits per heavy atom. The number of rotatable bonds is 5. The largest absolute Gasteiger partial charge is 0.503 e. The fourth-order valence-electron chi connectivity index (χ4n) is 1.92. The first-order valence-electron chi connectivity index (χ1n) is 6.96. The number of carbonyl (C=O) groups is 1. The summed E-state index contributed by atoms with van der Waals surface area (Å²) in [7, 11) is 0. The second-order valence-corrected chi connectivity index (χ2v) is 5.77. The maximum atomic E-state index is 11.1. The molecule has 0 aliphatic heterocycles. The summed E-state index contributed by atoms with van der Waals surface area (Å²) in [5.74, 6) is -0.395. The van der Waals surface area contributed by atoms with Crippen LogP contribution in [0.5, 0.6) is 5.75 Å². The van der Waals surface area contributed by atoms with Crippen LogP contribution in [0.15, 0.2) is 30.5 Å². The first-order chi connectivity index (χ1) is 10.9. The van der Waals surface area contributed by atoms with Crippen molar-refractivity contribution in [3.63, 3.8) is 0 Å². The van der Waals surface area contributed by atoms with Gasteiger partial charge in [0, 0.05) is 6.20 Å². The first-order valence-corrected chi connectivity index (χ1v) is 7.33. The highest BCUT2D eigenvalue weighted by atomic mass is 35.5. The van der Waals surface area contributed by atoms with Gasteiger partial charge >= 0.3 is 5.97 Å². The van der Waals surface area contributed by atoms with E-state index in [1.807, 2.05) is 13.8 Å². The molecule has 0 saturated carbocycles. The molecule has 2 aromatic rings. The summed E-state index contributed by atoms with van der Waals surface area (Å²) in [5, 5.41) is 9.36. The number of nitrogens with zero attached hydrogens (tertiary/aromatic N) is 2. The lowest BCUT2D eigenvalue weighted by atomic mass is 10.1. The third-order valence-electron chi connectivity index (χ3n) is 3.01. The predicted octanol–water partition coefficient (Wildman–Crippen LogP) is 4.69. The number of carboxylic acid groups (broad SMARTS) is 1. The van der Waals surface area contributed by atoms with Crippen molar-refractivity contribution in [2.75, 3.05) is 6.61 Å². The highest BCUT2D eigenvalue weighted by molar-refractivity contribution is 6.33. The molecule has 5 nitrogen and oxygen atoms in total. The molecule has 0 bridgehead atoms. The average molecular weight is 331 g/mol. The summed E-state index contributed by atoms with van der Waals surface area (Å²) in [4.78, 5) is 18.7. The number of ether oxygens (including phenoxy) is 1. The van der Waals surface area contributed by atoms with E-state index in [-0.39, 0.29) is 11.3 Å². The van der Waals surface area contributed by atoms with Crippen LogP contribution in [-0.2, 0) is 0 Å². The predicted molar refractivity (Wildman–Crippen MR) is 88.2 cm³/mol. The molecule has 1 aromatic heterocycles. The molecule has 23 heavy (non-hydrogen) atoms. The zero-order valence-corrected chi connectivity index (χ0v) is 13.5. The van der Waals surface area contributed by atoms with Crippen LogP contribution in [0.3, 0.4) is 0 Å². The molecular formula is C17H15ClN2O3. The Hall–Kier alpha value is -2.58. The number of pyridine rings is 1. The van der Waals surface area contributed by atoms with Gasteiger partial charge in [0.15, 0.2) is 0 Å². The van der Waals surface area contributed by atoms with E-state index < -0.39 is 5.97 Å². The standard InChI is InChI=1S/C17H15ClN2O3/c1-10(2)9-23-16-13(18)6-12(8-15(16)19-3)14-7-11(17(21)22)4-5-20-14/h4-8,10H,9H2,1-2H3,(H,21,22). The minimum Gasteiger partial charge on any atom is -0.503 e. The Balaban J connectivity index is 2.46. The van der Waals surface area contributed by atoms with Gasteiger partial charge in [-0.2, -0.15) is 0 Å². The van der Waals surface area contributed by atoms with Gasteiger partial charge in [0.25, 0.3) is 0 Å². The van der Waals surface area contributed by atoms with Crippen LogP contribution in [0.25, 0.3) is 16.1 Å². The molecule has 0 fully saturated rings. The minimum atomic E-state index is -1.04. The van der Waals surface area contributed by atoms with Crippen molar-refractivity contribution in [1.29, 1.82) is 0 Å². The summed E-state index contributed by atoms with van der Waals surface area (Å²) in [6.45, 7) is 11.8. The number of hydrogen-bond acceptors (Lipinski definition) is 3. The van der Waals surface area contributed by atoms with E-state index in [0.29, 0.717) is 34.6 Å². The van der Waals surface area contributed by atoms with Crippen LogP contribution < -0.4 is 4.74 Å². The van der Waals surface area contributed by atoms with Gasteiger partial charge in [-0.3, -0.25) is 4.98 Å². The van der Waals surface area contributed by atoms with Gasteiger partial charge in [-0.25, -0.2) is 9.64 Å². The first kappa shape index (κ1) is 16.8. The lowest BCUT2D eigenvalue weighted by molar-refractivity contribution is 0.0697. The highest BCUT2D eigenvalue weighted by Crippen LogP contribution is 2.39. The van der Waals surface area contributed by atoms with Gasteiger partial charge in [0.2, 0.25) is 5.69 Å². The summed E-state index contributed by atoms with van der Waals surface area (Å²) < 4.78 is 5.61. The zero-order valence-electron chi connectivity index (χ0n) is 12.7. The molecule has 1 N–H and O–H groups in total. The Bertz CT molecular complexity index is 782. The number of benzene rings is 1. The van der Waals surface area contributed by atoms with Crippen LogP contribution in [0.2, 0.25) is 5.02 Å². The van der Waals surface area contributed by atoms with Gasteiger partial charge in [-0.05, 0) is 35.7 Å². The SMILES string of the molecule is [C-]#[N+]c1cc(-c2cc(C(=O)O)ccn2)cc(Cl)c1OCC(C)C. The van der Waals surface area contributed by atoms with Crippen LogP contribution in [-0.4, -0.2) is 22.7 Å². The molecule has 1 heterocycles. The molecule has 0 atom stereocenters. The zero-order chi connectivity index (χ0) is 17.0. The van der Waals surface area contributed by atoms with Gasteiger partial charge in [-0.1, -0.05) is 25.4 Å². The Kier molecular flexibility index (Phi) is 5.20. The molecule has 0 aliphatic rings. The molecule has 0 spiro atoms. The maximum Gasteiger partial charge on any atom is 0.335 e. The lowest BCUT2D eigenvalue weighted by Crippen LogP contribution is -2.05. The second-order valence-electron chi connectivity index (χ2n) is 5.36. The van der Waals surface area contributed by atoms with E-state index in [0.717, 1.165) is 0 Å². The number of halogens is 1. The molecule has 0 radical (unpaired) electrons. The van der Waals surface area contributed by atoms with Crippen molar-refractivity contribution in [2.24, 2.45) is 5.92 Å². The Morgan fingerprint density at radius 2 is 2.17 bits per heavy atom. The molecule has 0 saturated heterocycles. The normalized spacial score (nSPS) is 10.4. The molecule has 118 valence electrons. The molecule has 0 unspecified atom stereocenters. The van der Waals surface area contributed by atoms with Crippen LogP contribution in [0.1, 0.15) is 24.2 Å². The number of hydrogen-bond donors (Lipinski definition) is 1. The second kappa shape index (κ2) is 7.12. The Morgan fingerprint density at radius 1 is 1.43 bits per heavy atom. The average Bonchev–Trinajstić information content (AvgIpc) is 2.52. The van der Waals surface area contributed by atoms with E-state index in [2.05, 4.69) is 9.83 Å². The van der Waals surface area contributed by atoms with E-state index in [9.17, 15) is 4.79 Å². The number of carboxylic acids is 1. The molecular weight excluding hydrogens is 316 g/mol. The summed E-state index contributed by atoms with van der Waals surface area (Å²) >= 11 is 6.24. The monoisotopic (exact) mass is 330 g/mol. The Labute approximate surface area is 139 Å². The molecule has 6 heteroatoms. The molecule has 0 amide bonds. The fraction of sp³-hybridized carbons (Fsp3) is 0.235. The van der Waals surface area contributed by atoms with Gasteiger partial charge in [-0.15, -0.1) is 0 Å².